The molecule has 1 aliphatic rings. The van der Waals surface area contributed by atoms with E-state index in [1.165, 1.54) is 12.8 Å². The predicted molar refractivity (Wildman–Crippen MR) is 78.4 cm³/mol. The van der Waals surface area contributed by atoms with Crippen LogP contribution in [-0.4, -0.2) is 17.8 Å². The molecule has 1 saturated carbocycles. The fourth-order valence-electron chi connectivity index (χ4n) is 3.51. The summed E-state index contributed by atoms with van der Waals surface area (Å²) in [4.78, 5) is 0. The van der Waals surface area contributed by atoms with E-state index in [4.69, 9.17) is 5.73 Å². The minimum absolute atomic E-state index is 0.0167. The van der Waals surface area contributed by atoms with Gasteiger partial charge >= 0.3 is 0 Å². The van der Waals surface area contributed by atoms with Crippen molar-refractivity contribution < 1.29 is 5.11 Å². The molecular weight excluding hydrogens is 222 g/mol. The van der Waals surface area contributed by atoms with Gasteiger partial charge in [-0.15, -0.1) is 0 Å². The lowest BCUT2D eigenvalue weighted by molar-refractivity contribution is -0.0503. The maximum atomic E-state index is 10.6. The third kappa shape index (κ3) is 3.27. The first-order valence-electron chi connectivity index (χ1n) is 7.65. The van der Waals surface area contributed by atoms with Crippen molar-refractivity contribution in [3.8, 4) is 0 Å². The molecule has 1 aliphatic carbocycles. The van der Waals surface area contributed by atoms with Gasteiger partial charge in [0.05, 0.1) is 6.10 Å². The number of hydrogen-bond acceptors (Lipinski definition) is 2. The topological polar surface area (TPSA) is 46.2 Å². The van der Waals surface area contributed by atoms with E-state index in [0.29, 0.717) is 17.9 Å². The van der Waals surface area contributed by atoms with Gasteiger partial charge in [0.25, 0.3) is 0 Å². The van der Waals surface area contributed by atoms with Gasteiger partial charge in [0.15, 0.2) is 0 Å². The Labute approximate surface area is 113 Å². The van der Waals surface area contributed by atoms with Crippen molar-refractivity contribution in [2.75, 3.05) is 6.54 Å². The van der Waals surface area contributed by atoms with Crippen molar-refractivity contribution in [1.29, 1.82) is 0 Å². The van der Waals surface area contributed by atoms with Gasteiger partial charge in [-0.05, 0) is 42.9 Å². The quantitative estimate of drug-likeness (QED) is 0.806. The first-order chi connectivity index (χ1) is 8.27. The molecular formula is C16H33NO. The summed E-state index contributed by atoms with van der Waals surface area (Å²) in [6.45, 7) is 11.9. The molecule has 2 atom stereocenters. The molecule has 0 radical (unpaired) electrons. The standard InChI is InChI=1S/C16H33NO/c1-6-12(2)14(18)16(11-17)9-7-13(8-10-16)15(3,4)5/h12-14,18H,6-11,17H2,1-5H3. The molecule has 0 saturated heterocycles. The smallest absolute Gasteiger partial charge is 0.0633 e. The van der Waals surface area contributed by atoms with Crippen LogP contribution in [0.1, 0.15) is 66.7 Å². The molecule has 1 rings (SSSR count). The molecule has 1 fully saturated rings. The first-order valence-corrected chi connectivity index (χ1v) is 7.65. The zero-order chi connectivity index (χ0) is 14.0. The predicted octanol–water partition coefficient (Wildman–Crippen LogP) is 3.57. The average Bonchev–Trinajstić information content (AvgIpc) is 2.35. The highest BCUT2D eigenvalue weighted by Gasteiger charge is 2.43. The Bertz CT molecular complexity index is 248. The summed E-state index contributed by atoms with van der Waals surface area (Å²) in [5.41, 5.74) is 6.40. The van der Waals surface area contributed by atoms with Crippen LogP contribution in [0.15, 0.2) is 0 Å². The van der Waals surface area contributed by atoms with E-state index in [1.54, 1.807) is 0 Å². The lowest BCUT2D eigenvalue weighted by Crippen LogP contribution is -2.48. The summed E-state index contributed by atoms with van der Waals surface area (Å²) in [7, 11) is 0. The molecule has 2 nitrogen and oxygen atoms in total. The largest absolute Gasteiger partial charge is 0.392 e. The zero-order valence-electron chi connectivity index (χ0n) is 13.0. The SMILES string of the molecule is CCC(C)C(O)C1(CN)CCC(C(C)(C)C)CC1. The highest BCUT2D eigenvalue weighted by Crippen LogP contribution is 2.47. The number of hydrogen-bond donors (Lipinski definition) is 2. The van der Waals surface area contributed by atoms with E-state index >= 15 is 0 Å². The Kier molecular flexibility index (Phi) is 5.25. The second kappa shape index (κ2) is 5.92. The van der Waals surface area contributed by atoms with Crippen molar-refractivity contribution in [2.24, 2.45) is 28.4 Å². The molecule has 2 heteroatoms. The van der Waals surface area contributed by atoms with Gasteiger partial charge in [-0.25, -0.2) is 0 Å². The maximum Gasteiger partial charge on any atom is 0.0633 e. The van der Waals surface area contributed by atoms with Crippen LogP contribution in [0.25, 0.3) is 0 Å². The van der Waals surface area contributed by atoms with E-state index in [-0.39, 0.29) is 11.5 Å². The highest BCUT2D eigenvalue weighted by molar-refractivity contribution is 4.95. The normalized spacial score (nSPS) is 33.2. The van der Waals surface area contributed by atoms with E-state index in [1.807, 2.05) is 0 Å². The Balaban J connectivity index is 2.71. The maximum absolute atomic E-state index is 10.6. The van der Waals surface area contributed by atoms with Gasteiger partial charge in [0.1, 0.15) is 0 Å². The molecule has 0 bridgehead atoms. The molecule has 108 valence electrons. The first kappa shape index (κ1) is 16.0. The molecule has 0 aromatic heterocycles. The molecule has 0 aliphatic heterocycles. The van der Waals surface area contributed by atoms with Crippen LogP contribution in [0.3, 0.4) is 0 Å². The van der Waals surface area contributed by atoms with E-state index in [2.05, 4.69) is 34.6 Å². The lowest BCUT2D eigenvalue weighted by Gasteiger charge is -2.47. The van der Waals surface area contributed by atoms with Crippen LogP contribution in [0, 0.1) is 22.7 Å². The Morgan fingerprint density at radius 3 is 2.11 bits per heavy atom. The van der Waals surface area contributed by atoms with Gasteiger partial charge in [0, 0.05) is 12.0 Å². The molecule has 18 heavy (non-hydrogen) atoms. The summed E-state index contributed by atoms with van der Waals surface area (Å²) in [6, 6.07) is 0. The average molecular weight is 255 g/mol. The van der Waals surface area contributed by atoms with Crippen molar-refractivity contribution in [3.63, 3.8) is 0 Å². The van der Waals surface area contributed by atoms with Crippen LogP contribution in [0.4, 0.5) is 0 Å². The summed E-state index contributed by atoms with van der Waals surface area (Å²) >= 11 is 0. The van der Waals surface area contributed by atoms with Crippen LogP contribution >= 0.6 is 0 Å². The monoisotopic (exact) mass is 255 g/mol. The highest BCUT2D eigenvalue weighted by atomic mass is 16.3. The van der Waals surface area contributed by atoms with Crippen LogP contribution in [-0.2, 0) is 0 Å². The van der Waals surface area contributed by atoms with E-state index < -0.39 is 0 Å². The molecule has 0 aromatic carbocycles. The van der Waals surface area contributed by atoms with Crippen LogP contribution in [0.5, 0.6) is 0 Å². The van der Waals surface area contributed by atoms with Gasteiger partial charge < -0.3 is 10.8 Å². The summed E-state index contributed by atoms with van der Waals surface area (Å²) in [5, 5.41) is 10.6. The molecule has 2 unspecified atom stereocenters. The third-order valence-electron chi connectivity index (χ3n) is 5.42. The van der Waals surface area contributed by atoms with Crippen molar-refractivity contribution in [2.45, 2.75) is 72.8 Å². The number of aliphatic hydroxyl groups is 1. The minimum atomic E-state index is -0.228. The van der Waals surface area contributed by atoms with E-state index in [0.717, 1.165) is 25.2 Å². The van der Waals surface area contributed by atoms with Gasteiger partial charge in [-0.3, -0.25) is 0 Å². The van der Waals surface area contributed by atoms with Crippen LogP contribution < -0.4 is 5.73 Å². The number of nitrogens with two attached hydrogens (primary N) is 1. The fourth-order valence-corrected chi connectivity index (χ4v) is 3.51. The summed E-state index contributed by atoms with van der Waals surface area (Å²) < 4.78 is 0. The second-order valence-corrected chi connectivity index (χ2v) is 7.54. The van der Waals surface area contributed by atoms with Crippen molar-refractivity contribution in [1.82, 2.24) is 0 Å². The summed E-state index contributed by atoms with van der Waals surface area (Å²) in [5.74, 6) is 1.14. The minimum Gasteiger partial charge on any atom is -0.392 e. The van der Waals surface area contributed by atoms with Crippen molar-refractivity contribution >= 4 is 0 Å². The summed E-state index contributed by atoms with van der Waals surface area (Å²) in [6.07, 6.45) is 5.43. The molecule has 0 heterocycles. The second-order valence-electron chi connectivity index (χ2n) is 7.54. The van der Waals surface area contributed by atoms with Gasteiger partial charge in [0.2, 0.25) is 0 Å². The molecule has 0 aromatic rings. The lowest BCUT2D eigenvalue weighted by atomic mass is 9.60. The molecule has 0 spiro atoms. The Morgan fingerprint density at radius 2 is 1.78 bits per heavy atom. The van der Waals surface area contributed by atoms with E-state index in [9.17, 15) is 5.11 Å². The zero-order valence-corrected chi connectivity index (χ0v) is 13.0. The fraction of sp³-hybridized carbons (Fsp3) is 1.00. The van der Waals surface area contributed by atoms with Gasteiger partial charge in [-0.2, -0.15) is 0 Å². The van der Waals surface area contributed by atoms with Crippen LogP contribution in [0.2, 0.25) is 0 Å². The number of rotatable bonds is 4. The van der Waals surface area contributed by atoms with Crippen molar-refractivity contribution in [3.05, 3.63) is 0 Å². The Hall–Kier alpha value is -0.0800. The number of aliphatic hydroxyl groups excluding tert-OH is 1. The third-order valence-corrected chi connectivity index (χ3v) is 5.42. The molecule has 0 amide bonds. The molecule has 3 N–H and O–H groups in total. The Morgan fingerprint density at radius 1 is 1.28 bits per heavy atom. The van der Waals surface area contributed by atoms with Gasteiger partial charge in [-0.1, -0.05) is 41.0 Å².